The second kappa shape index (κ2) is 33.8. The van der Waals surface area contributed by atoms with Gasteiger partial charge in [0.25, 0.3) is 0 Å². The van der Waals surface area contributed by atoms with Gasteiger partial charge in [-0.1, -0.05) is 27.7 Å². The van der Waals surface area contributed by atoms with E-state index in [1.807, 2.05) is 6.92 Å². The van der Waals surface area contributed by atoms with E-state index in [2.05, 4.69) is 46.0 Å². The van der Waals surface area contributed by atoms with Crippen molar-refractivity contribution in [2.75, 3.05) is 33.0 Å². The highest BCUT2D eigenvalue weighted by Gasteiger charge is 2.32. The quantitative estimate of drug-likeness (QED) is 0.0522. The first-order valence-electron chi connectivity index (χ1n) is 27.9. The zero-order valence-corrected chi connectivity index (χ0v) is 48.3. The van der Waals surface area contributed by atoms with Gasteiger partial charge in [-0.25, -0.2) is 24.2 Å². The lowest BCUT2D eigenvalue weighted by atomic mass is 9.94. The summed E-state index contributed by atoms with van der Waals surface area (Å²) < 4.78 is 26.8. The minimum Gasteiger partial charge on any atom is -0.481 e. The first-order chi connectivity index (χ1) is 39.8. The van der Waals surface area contributed by atoms with Crippen LogP contribution in [0.1, 0.15) is 244 Å². The van der Waals surface area contributed by atoms with Crippen LogP contribution in [0.25, 0.3) is 0 Å². The topological polar surface area (TPSA) is 387 Å². The van der Waals surface area contributed by atoms with E-state index < -0.39 is 29.8 Å². The standard InChI is InChI=1S/C16H19N3O4.3C10H12N2O3.C7H13NO2.C3H6O2/c1-3-10-8-17-13(23-10)9-19-15-11(6-5-7-12(15)20)14(18-19)16(21)22-4-2;3*1-2-15-10(14)9-6-4-3-5-7(13)8(6)11-12-9;1-3-6(9)5-8-7(10)4-2;1-2-3(4)5/h8H,3-7,9H2,1-2H3;3*2-5H2,1H3,(H,11,12);3-5H2,1-2H3,(H,8,10);2H2,1H3,(H,4,5). The van der Waals surface area contributed by atoms with Crippen molar-refractivity contribution in [1.82, 2.24) is 50.7 Å². The number of ketones is 5. The average molecular weight is 1160 g/mol. The Balaban J connectivity index is 0.000000223. The fourth-order valence-corrected chi connectivity index (χ4v) is 8.50. The van der Waals surface area contributed by atoms with Crippen LogP contribution in [0.4, 0.5) is 0 Å². The number of nitrogens with zero attached hydrogens (tertiary/aromatic N) is 6. The first kappa shape index (κ1) is 66.7. The van der Waals surface area contributed by atoms with Crippen molar-refractivity contribution in [2.24, 2.45) is 0 Å². The smallest absolute Gasteiger partial charge is 0.359 e. The van der Waals surface area contributed by atoms with Gasteiger partial charge in [0.2, 0.25) is 11.8 Å². The molecule has 4 aliphatic rings. The van der Waals surface area contributed by atoms with Crippen molar-refractivity contribution in [1.29, 1.82) is 0 Å². The Kier molecular flexibility index (Phi) is 27.2. The Hall–Kier alpha value is -8.78. The number of esters is 4. The number of hydrogen-bond donors (Lipinski definition) is 5. The minimum absolute atomic E-state index is 0.00282. The number of aliphatic carboxylic acids is 1. The van der Waals surface area contributed by atoms with Gasteiger partial charge in [0, 0.05) is 73.6 Å². The number of fused-ring (bicyclic) bond motifs is 4. The number of carboxylic acid groups (broad SMARTS) is 1. The fraction of sp³-hybridized carbons (Fsp3) is 0.536. The van der Waals surface area contributed by atoms with Gasteiger partial charge in [-0.15, -0.1) is 0 Å². The highest BCUT2D eigenvalue weighted by molar-refractivity contribution is 6.03. The van der Waals surface area contributed by atoms with Gasteiger partial charge in [-0.2, -0.15) is 20.4 Å². The second-order valence-corrected chi connectivity index (χ2v) is 18.4. The summed E-state index contributed by atoms with van der Waals surface area (Å²) in [5, 5.41) is 33.9. The molecule has 5 heterocycles. The SMILES string of the molecule is CCC(=O)CNC(=O)CC.CCC(=O)O.CCOC(=O)c1[nH]nc2c1CCCC2=O.CCOC(=O)c1[nH]nc2c1CCCC2=O.CCOC(=O)c1[nH]nc2c1CCCC2=O.CCOC(=O)c1nn(Cc2ncc(CC)o2)c2c1CCCC2=O. The normalized spacial score (nSPS) is 13.4. The van der Waals surface area contributed by atoms with Crippen LogP contribution in [-0.2, 0) is 72.0 Å². The van der Waals surface area contributed by atoms with E-state index in [-0.39, 0.29) is 66.6 Å². The molecule has 27 heteroatoms. The third-order valence-corrected chi connectivity index (χ3v) is 12.7. The Morgan fingerprint density at radius 1 is 0.554 bits per heavy atom. The van der Waals surface area contributed by atoms with Gasteiger partial charge in [0.05, 0.1) is 39.2 Å². The van der Waals surface area contributed by atoms with Crippen molar-refractivity contribution in [2.45, 2.75) is 165 Å². The number of aryl methyl sites for hydroxylation is 1. The number of amides is 1. The molecule has 4 aliphatic carbocycles. The lowest BCUT2D eigenvalue weighted by Gasteiger charge is -2.12. The molecule has 1 amide bonds. The molecule has 0 saturated carbocycles. The van der Waals surface area contributed by atoms with E-state index in [4.69, 9.17) is 28.5 Å². The van der Waals surface area contributed by atoms with Crippen molar-refractivity contribution >= 4 is 64.7 Å². The Bertz CT molecular complexity index is 2900. The summed E-state index contributed by atoms with van der Waals surface area (Å²) in [5.41, 5.74) is 5.76. The number of Topliss-reactive ketones (excluding diaryl/α,β-unsaturated/α-hetero) is 5. The number of rotatable bonds is 16. The van der Waals surface area contributed by atoms with E-state index in [0.717, 1.165) is 37.9 Å². The van der Waals surface area contributed by atoms with Gasteiger partial charge in [-0.05, 0) is 79.1 Å². The van der Waals surface area contributed by atoms with Crippen LogP contribution >= 0.6 is 0 Å². The number of nitrogens with one attached hydrogen (secondary N) is 4. The lowest BCUT2D eigenvalue weighted by molar-refractivity contribution is -0.136. The molecule has 0 atom stereocenters. The number of hydrogen-bond acceptors (Lipinski definition) is 21. The van der Waals surface area contributed by atoms with E-state index in [1.54, 1.807) is 54.7 Å². The second-order valence-electron chi connectivity index (χ2n) is 18.4. The Labute approximate surface area is 478 Å². The average Bonchev–Trinajstić information content (AvgIpc) is 4.50. The van der Waals surface area contributed by atoms with Crippen molar-refractivity contribution in [3.05, 3.63) is 85.7 Å². The maximum Gasteiger partial charge on any atom is 0.359 e. The monoisotopic (exact) mass is 1160 g/mol. The molecule has 9 rings (SSSR count). The Morgan fingerprint density at radius 3 is 1.31 bits per heavy atom. The number of carboxylic acids is 1. The number of aromatic nitrogens is 9. The molecule has 0 unspecified atom stereocenters. The molecule has 5 aromatic rings. The van der Waals surface area contributed by atoms with Gasteiger partial charge >= 0.3 is 29.8 Å². The molecule has 450 valence electrons. The van der Waals surface area contributed by atoms with Crippen LogP contribution < -0.4 is 5.32 Å². The molecule has 27 nitrogen and oxygen atoms in total. The Morgan fingerprint density at radius 2 is 0.952 bits per heavy atom. The molecule has 5 aromatic heterocycles. The van der Waals surface area contributed by atoms with Crippen LogP contribution in [0.2, 0.25) is 0 Å². The highest BCUT2D eigenvalue weighted by Crippen LogP contribution is 2.27. The van der Waals surface area contributed by atoms with Crippen molar-refractivity contribution in [3.63, 3.8) is 0 Å². The maximum absolute atomic E-state index is 12.3. The van der Waals surface area contributed by atoms with E-state index in [1.165, 1.54) is 4.68 Å². The van der Waals surface area contributed by atoms with Gasteiger partial charge in [-0.3, -0.25) is 53.5 Å². The third kappa shape index (κ3) is 18.9. The molecule has 0 saturated heterocycles. The number of carbonyl (C=O) groups is 11. The molecule has 0 radical (unpaired) electrons. The summed E-state index contributed by atoms with van der Waals surface area (Å²) in [7, 11) is 0. The largest absolute Gasteiger partial charge is 0.481 e. The van der Waals surface area contributed by atoms with Crippen LogP contribution in [-0.4, -0.2) is 148 Å². The summed E-state index contributed by atoms with van der Waals surface area (Å²) in [5.74, 6) is -1.26. The molecule has 0 aromatic carbocycles. The van der Waals surface area contributed by atoms with Gasteiger partial charge < -0.3 is 33.8 Å². The summed E-state index contributed by atoms with van der Waals surface area (Å²) in [6.07, 6.45) is 11.4. The summed E-state index contributed by atoms with van der Waals surface area (Å²) in [6, 6.07) is 0. The predicted molar refractivity (Wildman–Crippen MR) is 292 cm³/mol. The molecular formula is C56H74N10O17. The van der Waals surface area contributed by atoms with E-state index in [9.17, 15) is 52.7 Å². The number of aromatic amines is 3. The fourth-order valence-electron chi connectivity index (χ4n) is 8.50. The molecule has 0 aliphatic heterocycles. The molecular weight excluding hydrogens is 1080 g/mol. The molecule has 0 fully saturated rings. The predicted octanol–water partition coefficient (Wildman–Crippen LogP) is 6.47. The van der Waals surface area contributed by atoms with E-state index in [0.29, 0.717) is 152 Å². The van der Waals surface area contributed by atoms with Crippen LogP contribution in [0.5, 0.6) is 0 Å². The van der Waals surface area contributed by atoms with Crippen LogP contribution in [0, 0.1) is 0 Å². The first-order valence-corrected chi connectivity index (χ1v) is 27.9. The number of H-pyrrole nitrogens is 3. The van der Waals surface area contributed by atoms with Crippen LogP contribution in [0.3, 0.4) is 0 Å². The lowest BCUT2D eigenvalue weighted by Crippen LogP contribution is -2.28. The number of ether oxygens (including phenoxy) is 4. The molecule has 83 heavy (non-hydrogen) atoms. The van der Waals surface area contributed by atoms with E-state index >= 15 is 0 Å². The highest BCUT2D eigenvalue weighted by atomic mass is 16.5. The summed E-state index contributed by atoms with van der Waals surface area (Å²) >= 11 is 0. The zero-order chi connectivity index (χ0) is 61.2. The minimum atomic E-state index is -0.745. The summed E-state index contributed by atoms with van der Waals surface area (Å²) in [6.45, 7) is 15.7. The van der Waals surface area contributed by atoms with Gasteiger partial charge in [0.1, 0.15) is 52.2 Å². The molecule has 0 spiro atoms. The molecule has 0 bridgehead atoms. The number of carbonyl (C=O) groups excluding carboxylic acids is 10. The molecule has 5 N–H and O–H groups in total. The van der Waals surface area contributed by atoms with Gasteiger partial charge in [0.15, 0.2) is 34.6 Å². The van der Waals surface area contributed by atoms with Crippen molar-refractivity contribution in [3.8, 4) is 0 Å². The zero-order valence-electron chi connectivity index (χ0n) is 48.3. The van der Waals surface area contributed by atoms with Crippen molar-refractivity contribution < 1.29 is 81.2 Å². The van der Waals surface area contributed by atoms with Crippen LogP contribution in [0.15, 0.2) is 10.6 Å². The maximum atomic E-state index is 12.3. The summed E-state index contributed by atoms with van der Waals surface area (Å²) in [4.78, 5) is 128. The number of oxazole rings is 1. The third-order valence-electron chi connectivity index (χ3n) is 12.7.